The van der Waals surface area contributed by atoms with Crippen molar-refractivity contribution in [3.63, 3.8) is 0 Å². The largest absolute Gasteiger partial charge is 0.502 e. The van der Waals surface area contributed by atoms with Crippen molar-refractivity contribution in [2.45, 2.75) is 6.61 Å². The van der Waals surface area contributed by atoms with E-state index in [1.165, 1.54) is 18.2 Å². The molecule has 2 N–H and O–H groups in total. The summed E-state index contributed by atoms with van der Waals surface area (Å²) in [5.74, 6) is -2.05. The zero-order valence-corrected chi connectivity index (χ0v) is 12.6. The van der Waals surface area contributed by atoms with Crippen LogP contribution in [0.5, 0.6) is 5.75 Å². The van der Waals surface area contributed by atoms with Crippen LogP contribution in [0.4, 0.5) is 5.69 Å². The molecule has 0 spiro atoms. The molecule has 10 nitrogen and oxygen atoms in total. The Morgan fingerprint density at radius 3 is 2.76 bits per heavy atom. The van der Waals surface area contributed by atoms with Crippen LogP contribution < -0.4 is 10.7 Å². The quantitative estimate of drug-likeness (QED) is 0.441. The molecule has 1 aromatic heterocycles. The van der Waals surface area contributed by atoms with E-state index in [1.54, 1.807) is 0 Å². The Hall–Kier alpha value is -3.69. The number of ether oxygens (including phenoxy) is 1. The van der Waals surface area contributed by atoms with E-state index < -0.39 is 34.5 Å². The predicted molar refractivity (Wildman–Crippen MR) is 81.9 cm³/mol. The minimum Gasteiger partial charge on any atom is -0.502 e. The fourth-order valence-electron chi connectivity index (χ4n) is 1.74. The van der Waals surface area contributed by atoms with Gasteiger partial charge < -0.3 is 19.6 Å². The summed E-state index contributed by atoms with van der Waals surface area (Å²) >= 11 is 0. The van der Waals surface area contributed by atoms with E-state index in [1.807, 2.05) is 0 Å². The maximum absolute atomic E-state index is 11.9. The Bertz CT molecular complexity index is 874. The van der Waals surface area contributed by atoms with Crippen LogP contribution in [0, 0.1) is 10.1 Å². The number of aromatic hydroxyl groups is 1. The Balaban J connectivity index is 1.86. The molecule has 1 aromatic carbocycles. The highest BCUT2D eigenvalue weighted by molar-refractivity contribution is 5.96. The number of esters is 1. The number of hydrogen-bond acceptors (Lipinski definition) is 8. The number of nitro benzene ring substituents is 1. The first-order valence-electron chi connectivity index (χ1n) is 6.86. The first-order valence-corrected chi connectivity index (χ1v) is 6.86. The average molecular weight is 348 g/mol. The third kappa shape index (κ3) is 4.89. The topological polar surface area (TPSA) is 149 Å². The van der Waals surface area contributed by atoms with Crippen LogP contribution in [0.2, 0.25) is 0 Å². The number of carbonyl (C=O) groups excluding carboxylic acids is 2. The van der Waals surface area contributed by atoms with Crippen LogP contribution in [-0.4, -0.2) is 28.5 Å². The van der Waals surface area contributed by atoms with Gasteiger partial charge in [0.05, 0.1) is 4.92 Å². The van der Waals surface area contributed by atoms with Gasteiger partial charge in [0.1, 0.15) is 25.2 Å². The lowest BCUT2D eigenvalue weighted by atomic mass is 10.2. The molecule has 10 heteroatoms. The van der Waals surface area contributed by atoms with Gasteiger partial charge in [-0.05, 0) is 6.07 Å². The lowest BCUT2D eigenvalue weighted by Crippen LogP contribution is -2.30. The van der Waals surface area contributed by atoms with Gasteiger partial charge in [-0.1, -0.05) is 6.07 Å². The van der Waals surface area contributed by atoms with Crippen LogP contribution in [0.15, 0.2) is 45.8 Å². The molecule has 2 rings (SSSR count). The van der Waals surface area contributed by atoms with Gasteiger partial charge in [0, 0.05) is 23.8 Å². The lowest BCUT2D eigenvalue weighted by Gasteiger charge is -2.06. The second-order valence-electron chi connectivity index (χ2n) is 4.75. The SMILES string of the molecule is O=C(CNC(=O)c1cccc([N+](=O)[O-])c1)OCc1cc(=O)c(O)co1. The zero-order chi connectivity index (χ0) is 18.4. The monoisotopic (exact) mass is 348 g/mol. The van der Waals surface area contributed by atoms with Crippen LogP contribution in [0.1, 0.15) is 16.1 Å². The van der Waals surface area contributed by atoms with E-state index in [-0.39, 0.29) is 23.6 Å². The number of amides is 1. The fraction of sp³-hybridized carbons (Fsp3) is 0.133. The van der Waals surface area contributed by atoms with E-state index in [0.717, 1.165) is 18.4 Å². The van der Waals surface area contributed by atoms with Crippen LogP contribution in [0.25, 0.3) is 0 Å². The predicted octanol–water partition coefficient (Wildman–Crippen LogP) is 0.727. The molecule has 0 aliphatic carbocycles. The fourth-order valence-corrected chi connectivity index (χ4v) is 1.74. The second kappa shape index (κ2) is 7.73. The summed E-state index contributed by atoms with van der Waals surface area (Å²) in [6.07, 6.45) is 0.815. The molecule has 0 aliphatic rings. The molecule has 0 fully saturated rings. The minimum absolute atomic E-state index is 0.0150. The molecule has 0 bridgehead atoms. The maximum Gasteiger partial charge on any atom is 0.325 e. The first kappa shape index (κ1) is 17.7. The van der Waals surface area contributed by atoms with E-state index >= 15 is 0 Å². The second-order valence-corrected chi connectivity index (χ2v) is 4.75. The van der Waals surface area contributed by atoms with E-state index in [4.69, 9.17) is 14.3 Å². The van der Waals surface area contributed by atoms with Gasteiger partial charge in [-0.15, -0.1) is 0 Å². The molecule has 0 saturated carbocycles. The Kier molecular flexibility index (Phi) is 5.46. The number of nitro groups is 1. The molecule has 0 atom stereocenters. The Labute approximate surface area is 139 Å². The smallest absolute Gasteiger partial charge is 0.325 e. The zero-order valence-electron chi connectivity index (χ0n) is 12.6. The summed E-state index contributed by atoms with van der Waals surface area (Å²) in [6.45, 7) is -0.842. The summed E-state index contributed by atoms with van der Waals surface area (Å²) in [6, 6.07) is 5.98. The number of non-ortho nitro benzene ring substituents is 1. The summed E-state index contributed by atoms with van der Waals surface area (Å²) in [5.41, 5.74) is -0.916. The molecule has 25 heavy (non-hydrogen) atoms. The summed E-state index contributed by atoms with van der Waals surface area (Å²) in [4.78, 5) is 44.6. The average Bonchev–Trinajstić information content (AvgIpc) is 2.60. The molecule has 0 aliphatic heterocycles. The van der Waals surface area contributed by atoms with Crippen LogP contribution in [-0.2, 0) is 16.1 Å². The first-order chi connectivity index (χ1) is 11.9. The third-order valence-electron chi connectivity index (χ3n) is 2.95. The highest BCUT2D eigenvalue weighted by Crippen LogP contribution is 2.12. The summed E-state index contributed by atoms with van der Waals surface area (Å²) < 4.78 is 9.64. The Morgan fingerprint density at radius 1 is 1.32 bits per heavy atom. The lowest BCUT2D eigenvalue weighted by molar-refractivity contribution is -0.384. The molecule has 0 radical (unpaired) electrons. The normalized spacial score (nSPS) is 10.1. The number of hydrogen-bond donors (Lipinski definition) is 2. The molecule has 1 amide bonds. The molecular weight excluding hydrogens is 336 g/mol. The van der Waals surface area contributed by atoms with Crippen LogP contribution in [0.3, 0.4) is 0 Å². The van der Waals surface area contributed by atoms with Gasteiger partial charge >= 0.3 is 5.97 Å². The van der Waals surface area contributed by atoms with Gasteiger partial charge in [0.25, 0.3) is 11.6 Å². The van der Waals surface area contributed by atoms with Crippen molar-refractivity contribution >= 4 is 17.6 Å². The molecule has 1 heterocycles. The molecule has 0 saturated heterocycles. The van der Waals surface area contributed by atoms with Gasteiger partial charge in [-0.25, -0.2) is 0 Å². The van der Waals surface area contributed by atoms with Crippen molar-refractivity contribution < 1.29 is 28.8 Å². The highest BCUT2D eigenvalue weighted by Gasteiger charge is 2.13. The number of rotatable bonds is 6. The Morgan fingerprint density at radius 2 is 2.08 bits per heavy atom. The van der Waals surface area contributed by atoms with Gasteiger partial charge in [-0.2, -0.15) is 0 Å². The highest BCUT2D eigenvalue weighted by atomic mass is 16.6. The standard InChI is InChI=1S/C15H12N2O8/c18-12-5-11(24-8-13(12)19)7-25-14(20)6-16-15(21)9-2-1-3-10(4-9)17(22)23/h1-5,8,19H,6-7H2,(H,16,21). The molecule has 2 aromatic rings. The van der Waals surface area contributed by atoms with E-state index in [2.05, 4.69) is 5.32 Å². The van der Waals surface area contributed by atoms with E-state index in [9.17, 15) is 24.5 Å². The number of nitrogens with zero attached hydrogens (tertiary/aromatic N) is 1. The van der Waals surface area contributed by atoms with Crippen molar-refractivity contribution in [3.8, 4) is 5.75 Å². The van der Waals surface area contributed by atoms with Crippen LogP contribution >= 0.6 is 0 Å². The van der Waals surface area contributed by atoms with Crippen molar-refractivity contribution in [1.82, 2.24) is 5.32 Å². The number of carbonyl (C=O) groups is 2. The van der Waals surface area contributed by atoms with Gasteiger partial charge in [0.15, 0.2) is 5.75 Å². The molecular formula is C15H12N2O8. The molecule has 130 valence electrons. The van der Waals surface area contributed by atoms with Crippen molar-refractivity contribution in [1.29, 1.82) is 0 Å². The van der Waals surface area contributed by atoms with Gasteiger partial charge in [0.2, 0.25) is 5.43 Å². The van der Waals surface area contributed by atoms with Crippen molar-refractivity contribution in [2.75, 3.05) is 6.54 Å². The van der Waals surface area contributed by atoms with Gasteiger partial charge in [-0.3, -0.25) is 24.5 Å². The molecule has 0 unspecified atom stereocenters. The third-order valence-corrected chi connectivity index (χ3v) is 2.95. The minimum atomic E-state index is -0.811. The van der Waals surface area contributed by atoms with Crippen molar-refractivity contribution in [2.24, 2.45) is 0 Å². The summed E-state index contributed by atoms with van der Waals surface area (Å²) in [5, 5.41) is 21.9. The van der Waals surface area contributed by atoms with E-state index in [0.29, 0.717) is 0 Å². The summed E-state index contributed by atoms with van der Waals surface area (Å²) in [7, 11) is 0. The maximum atomic E-state index is 11.9. The van der Waals surface area contributed by atoms with Crippen molar-refractivity contribution in [3.05, 3.63) is 68.3 Å². The number of benzene rings is 1. The number of nitrogens with one attached hydrogen (secondary N) is 1.